The molecule has 3 atom stereocenters. The molecule has 0 heterocycles. The number of allylic oxidation sites excluding steroid dienone is 1. The van der Waals surface area contributed by atoms with Crippen LogP contribution in [-0.2, 0) is 4.79 Å². The zero-order valence-electron chi connectivity index (χ0n) is 13.0. The SMILES string of the molecule is C/C=C(\C)CC(N)C(=O)O.N[C@@H](CO)[C@@H](O)c1ccccc1. The van der Waals surface area contributed by atoms with Gasteiger partial charge in [0.1, 0.15) is 6.04 Å². The molecule has 0 spiro atoms. The van der Waals surface area contributed by atoms with Gasteiger partial charge in [-0.3, -0.25) is 4.79 Å². The van der Waals surface area contributed by atoms with Crippen LogP contribution in [0.4, 0.5) is 0 Å². The van der Waals surface area contributed by atoms with Gasteiger partial charge in [0.25, 0.3) is 0 Å². The molecular formula is C16H26N2O4. The molecule has 1 aromatic rings. The first kappa shape index (κ1) is 20.3. The third-order valence-electron chi connectivity index (χ3n) is 3.11. The summed E-state index contributed by atoms with van der Waals surface area (Å²) in [6.07, 6.45) is 1.52. The summed E-state index contributed by atoms with van der Waals surface area (Å²) < 4.78 is 0. The number of aliphatic hydroxyl groups is 2. The molecule has 0 bridgehead atoms. The minimum Gasteiger partial charge on any atom is -0.480 e. The fraction of sp³-hybridized carbons (Fsp3) is 0.438. The predicted octanol–water partition coefficient (Wildman–Crippen LogP) is 0.794. The van der Waals surface area contributed by atoms with Crippen molar-refractivity contribution in [2.24, 2.45) is 11.5 Å². The van der Waals surface area contributed by atoms with Gasteiger partial charge in [-0.1, -0.05) is 42.0 Å². The molecule has 22 heavy (non-hydrogen) atoms. The first-order valence-electron chi connectivity index (χ1n) is 7.03. The summed E-state index contributed by atoms with van der Waals surface area (Å²) in [5.41, 5.74) is 12.4. The van der Waals surface area contributed by atoms with Crippen LogP contribution in [0.3, 0.4) is 0 Å². The lowest BCUT2D eigenvalue weighted by molar-refractivity contribution is -0.138. The second-order valence-corrected chi connectivity index (χ2v) is 4.99. The second kappa shape index (κ2) is 10.9. The maximum Gasteiger partial charge on any atom is 0.320 e. The zero-order valence-corrected chi connectivity index (χ0v) is 13.0. The Morgan fingerprint density at radius 1 is 1.27 bits per heavy atom. The molecule has 0 aliphatic carbocycles. The number of hydrogen-bond donors (Lipinski definition) is 5. The Bertz CT molecular complexity index is 462. The molecule has 0 radical (unpaired) electrons. The number of aliphatic hydroxyl groups excluding tert-OH is 2. The van der Waals surface area contributed by atoms with Crippen LogP contribution in [0.5, 0.6) is 0 Å². The van der Waals surface area contributed by atoms with Crippen molar-refractivity contribution >= 4 is 5.97 Å². The van der Waals surface area contributed by atoms with Gasteiger partial charge in [0.15, 0.2) is 0 Å². The molecule has 0 aliphatic rings. The average molecular weight is 310 g/mol. The summed E-state index contributed by atoms with van der Waals surface area (Å²) in [6, 6.07) is 7.70. The van der Waals surface area contributed by atoms with Gasteiger partial charge < -0.3 is 26.8 Å². The summed E-state index contributed by atoms with van der Waals surface area (Å²) in [5, 5.41) is 26.6. The van der Waals surface area contributed by atoms with Crippen LogP contribution in [0.2, 0.25) is 0 Å². The normalized spacial score (nSPS) is 15.3. The van der Waals surface area contributed by atoms with E-state index in [0.717, 1.165) is 11.1 Å². The number of benzene rings is 1. The quantitative estimate of drug-likeness (QED) is 0.494. The lowest BCUT2D eigenvalue weighted by Crippen LogP contribution is -2.31. The minimum absolute atomic E-state index is 0.212. The molecule has 0 aliphatic heterocycles. The van der Waals surface area contributed by atoms with Crippen molar-refractivity contribution in [2.45, 2.75) is 38.5 Å². The minimum atomic E-state index is -0.943. The van der Waals surface area contributed by atoms with Crippen molar-refractivity contribution in [3.05, 3.63) is 47.5 Å². The van der Waals surface area contributed by atoms with Gasteiger partial charge in [0.2, 0.25) is 0 Å². The summed E-state index contributed by atoms with van der Waals surface area (Å²) >= 11 is 0. The van der Waals surface area contributed by atoms with E-state index in [1.807, 2.05) is 38.1 Å². The highest BCUT2D eigenvalue weighted by atomic mass is 16.4. The Kier molecular flexibility index (Phi) is 10.1. The van der Waals surface area contributed by atoms with Crippen LogP contribution in [0, 0.1) is 0 Å². The number of hydrogen-bond acceptors (Lipinski definition) is 5. The Labute approximate surface area is 131 Å². The molecule has 124 valence electrons. The summed E-state index contributed by atoms with van der Waals surface area (Å²) in [6.45, 7) is 3.52. The summed E-state index contributed by atoms with van der Waals surface area (Å²) in [4.78, 5) is 10.2. The highest BCUT2D eigenvalue weighted by Crippen LogP contribution is 2.14. The Hall–Kier alpha value is -1.73. The van der Waals surface area contributed by atoms with E-state index in [2.05, 4.69) is 0 Å². The van der Waals surface area contributed by atoms with Crippen molar-refractivity contribution in [1.29, 1.82) is 0 Å². The van der Waals surface area contributed by atoms with Gasteiger partial charge in [-0.05, 0) is 25.8 Å². The molecule has 6 heteroatoms. The molecule has 1 aromatic carbocycles. The lowest BCUT2D eigenvalue weighted by Gasteiger charge is -2.16. The Balaban J connectivity index is 0.000000409. The predicted molar refractivity (Wildman–Crippen MR) is 86.1 cm³/mol. The van der Waals surface area contributed by atoms with Crippen molar-refractivity contribution in [1.82, 2.24) is 0 Å². The largest absolute Gasteiger partial charge is 0.480 e. The number of carboxylic acids is 1. The van der Waals surface area contributed by atoms with E-state index < -0.39 is 24.2 Å². The highest BCUT2D eigenvalue weighted by molar-refractivity contribution is 5.73. The molecular weight excluding hydrogens is 284 g/mol. The Morgan fingerprint density at radius 2 is 1.82 bits per heavy atom. The maximum atomic E-state index is 10.2. The lowest BCUT2D eigenvalue weighted by atomic mass is 10.0. The Morgan fingerprint density at radius 3 is 2.23 bits per heavy atom. The van der Waals surface area contributed by atoms with Crippen molar-refractivity contribution in [3.8, 4) is 0 Å². The van der Waals surface area contributed by atoms with Crippen LogP contribution in [0.15, 0.2) is 42.0 Å². The smallest absolute Gasteiger partial charge is 0.320 e. The van der Waals surface area contributed by atoms with Crippen molar-refractivity contribution in [3.63, 3.8) is 0 Å². The first-order valence-corrected chi connectivity index (χ1v) is 7.03. The zero-order chi connectivity index (χ0) is 17.1. The van der Waals surface area contributed by atoms with E-state index in [4.69, 9.17) is 21.7 Å². The van der Waals surface area contributed by atoms with E-state index in [9.17, 15) is 9.90 Å². The number of nitrogens with two attached hydrogens (primary N) is 2. The van der Waals surface area contributed by atoms with E-state index in [1.165, 1.54) is 0 Å². The van der Waals surface area contributed by atoms with Gasteiger partial charge in [0, 0.05) is 0 Å². The third-order valence-corrected chi connectivity index (χ3v) is 3.11. The number of carboxylic acid groups (broad SMARTS) is 1. The topological polar surface area (TPSA) is 130 Å². The first-order chi connectivity index (χ1) is 10.3. The summed E-state index contributed by atoms with van der Waals surface area (Å²) in [7, 11) is 0. The van der Waals surface area contributed by atoms with Crippen LogP contribution in [0.1, 0.15) is 31.9 Å². The van der Waals surface area contributed by atoms with Crippen LogP contribution >= 0.6 is 0 Å². The van der Waals surface area contributed by atoms with Gasteiger partial charge in [-0.25, -0.2) is 0 Å². The van der Waals surface area contributed by atoms with Gasteiger partial charge in [-0.2, -0.15) is 0 Å². The molecule has 1 rings (SSSR count). The number of rotatable bonds is 6. The summed E-state index contributed by atoms with van der Waals surface area (Å²) in [5.74, 6) is -0.943. The molecule has 0 saturated carbocycles. The molecule has 0 fully saturated rings. The standard InChI is InChI=1S/C9H13NO2.C7H13NO2/c10-8(6-11)9(12)7-4-2-1-3-5-7;1-3-5(2)4-6(8)7(9)10/h1-5,8-9,11-12H,6,10H2;3,6H,4,8H2,1-2H3,(H,9,10)/b;5-3+/t8-,9-;/m0./s1. The average Bonchev–Trinajstić information content (AvgIpc) is 2.54. The fourth-order valence-electron chi connectivity index (χ4n) is 1.55. The molecule has 1 unspecified atom stereocenters. The number of aliphatic carboxylic acids is 1. The maximum absolute atomic E-state index is 10.2. The molecule has 0 aromatic heterocycles. The van der Waals surface area contributed by atoms with Gasteiger partial charge in [-0.15, -0.1) is 0 Å². The van der Waals surface area contributed by atoms with Crippen LogP contribution in [-0.4, -0.2) is 40.0 Å². The van der Waals surface area contributed by atoms with Crippen LogP contribution in [0.25, 0.3) is 0 Å². The van der Waals surface area contributed by atoms with E-state index >= 15 is 0 Å². The van der Waals surface area contributed by atoms with E-state index in [1.54, 1.807) is 12.1 Å². The van der Waals surface area contributed by atoms with E-state index in [0.29, 0.717) is 6.42 Å². The van der Waals surface area contributed by atoms with Crippen LogP contribution < -0.4 is 11.5 Å². The number of carbonyl (C=O) groups is 1. The highest BCUT2D eigenvalue weighted by Gasteiger charge is 2.14. The van der Waals surface area contributed by atoms with Gasteiger partial charge in [0.05, 0.1) is 18.8 Å². The van der Waals surface area contributed by atoms with Gasteiger partial charge >= 0.3 is 5.97 Å². The van der Waals surface area contributed by atoms with Crippen molar-refractivity contribution < 1.29 is 20.1 Å². The second-order valence-electron chi connectivity index (χ2n) is 4.99. The fourth-order valence-corrected chi connectivity index (χ4v) is 1.55. The molecule has 6 nitrogen and oxygen atoms in total. The van der Waals surface area contributed by atoms with E-state index in [-0.39, 0.29) is 6.61 Å². The molecule has 0 saturated heterocycles. The molecule has 7 N–H and O–H groups in total. The third kappa shape index (κ3) is 7.90. The molecule has 0 amide bonds. The monoisotopic (exact) mass is 310 g/mol. The van der Waals surface area contributed by atoms with Crippen molar-refractivity contribution in [2.75, 3.05) is 6.61 Å².